The molecule has 0 spiro atoms. The van der Waals surface area contributed by atoms with E-state index in [4.69, 9.17) is 5.11 Å². The zero-order valence-corrected chi connectivity index (χ0v) is 10.3. The van der Waals surface area contributed by atoms with E-state index in [2.05, 4.69) is 27.4 Å². The maximum Gasteiger partial charge on any atom is 0.330 e. The highest BCUT2D eigenvalue weighted by atomic mass is 16.4. The van der Waals surface area contributed by atoms with Crippen molar-refractivity contribution in [2.24, 2.45) is 11.8 Å². The Bertz CT molecular complexity index is 209. The third-order valence-corrected chi connectivity index (χ3v) is 3.19. The van der Waals surface area contributed by atoms with Gasteiger partial charge in [-0.25, -0.2) is 4.79 Å². The van der Waals surface area contributed by atoms with Gasteiger partial charge in [-0.15, -0.1) is 0 Å². The Hall–Kier alpha value is -0.790. The van der Waals surface area contributed by atoms with E-state index in [1.54, 1.807) is 0 Å². The van der Waals surface area contributed by atoms with Crippen molar-refractivity contribution in [3.05, 3.63) is 12.2 Å². The van der Waals surface area contributed by atoms with Gasteiger partial charge in [0.1, 0.15) is 0 Å². The Morgan fingerprint density at radius 1 is 1.40 bits per heavy atom. The molecular formula is C13H24O2. The summed E-state index contributed by atoms with van der Waals surface area (Å²) < 4.78 is 0. The van der Waals surface area contributed by atoms with Crippen LogP contribution >= 0.6 is 0 Å². The van der Waals surface area contributed by atoms with Gasteiger partial charge in [0.15, 0.2) is 0 Å². The minimum atomic E-state index is -0.847. The molecule has 0 bridgehead atoms. The Morgan fingerprint density at radius 3 is 2.40 bits per heavy atom. The van der Waals surface area contributed by atoms with Crippen LogP contribution in [0.2, 0.25) is 0 Å². The van der Waals surface area contributed by atoms with Gasteiger partial charge in [-0.05, 0) is 24.7 Å². The Kier molecular flexibility index (Phi) is 7.10. The molecule has 0 aromatic carbocycles. The molecule has 0 aliphatic rings. The van der Waals surface area contributed by atoms with Crippen molar-refractivity contribution < 1.29 is 9.90 Å². The van der Waals surface area contributed by atoms with E-state index < -0.39 is 5.97 Å². The first kappa shape index (κ1) is 14.2. The number of hydrogen-bond donors (Lipinski definition) is 1. The normalized spacial score (nSPS) is 14.6. The number of carboxylic acids is 1. The molecule has 88 valence electrons. The van der Waals surface area contributed by atoms with Crippen molar-refractivity contribution in [3.8, 4) is 0 Å². The standard InChI is InChI=1S/C13H24O2/c1-5-7-8-12(10(3)6-2)9-11(4)13(14)15/h10,12H,4-9H2,1-3H3,(H,14,15). The fourth-order valence-electron chi connectivity index (χ4n) is 1.79. The molecule has 2 unspecified atom stereocenters. The molecule has 0 aromatic heterocycles. The van der Waals surface area contributed by atoms with Gasteiger partial charge in [0.25, 0.3) is 0 Å². The first-order valence-electron chi connectivity index (χ1n) is 5.93. The van der Waals surface area contributed by atoms with Crippen molar-refractivity contribution in [1.82, 2.24) is 0 Å². The molecule has 2 heteroatoms. The quantitative estimate of drug-likeness (QED) is 0.620. The largest absolute Gasteiger partial charge is 0.478 e. The van der Waals surface area contributed by atoms with E-state index in [1.807, 2.05) is 0 Å². The van der Waals surface area contributed by atoms with Crippen LogP contribution in [0.4, 0.5) is 0 Å². The van der Waals surface area contributed by atoms with Gasteiger partial charge in [-0.2, -0.15) is 0 Å². The van der Waals surface area contributed by atoms with E-state index in [9.17, 15) is 4.79 Å². The van der Waals surface area contributed by atoms with Crippen LogP contribution in [0.1, 0.15) is 52.9 Å². The number of carbonyl (C=O) groups is 1. The molecule has 2 nitrogen and oxygen atoms in total. The maximum atomic E-state index is 10.7. The molecular weight excluding hydrogens is 188 g/mol. The SMILES string of the molecule is C=C(CC(CCCC)C(C)CC)C(=O)O. The van der Waals surface area contributed by atoms with Gasteiger partial charge in [-0.1, -0.05) is 46.6 Å². The highest BCUT2D eigenvalue weighted by Crippen LogP contribution is 2.27. The molecule has 0 amide bonds. The molecule has 0 heterocycles. The smallest absolute Gasteiger partial charge is 0.330 e. The molecule has 0 rings (SSSR count). The van der Waals surface area contributed by atoms with Crippen molar-refractivity contribution in [3.63, 3.8) is 0 Å². The highest BCUT2D eigenvalue weighted by Gasteiger charge is 2.18. The lowest BCUT2D eigenvalue weighted by Crippen LogP contribution is -2.14. The van der Waals surface area contributed by atoms with Crippen molar-refractivity contribution in [2.45, 2.75) is 52.9 Å². The van der Waals surface area contributed by atoms with Crippen molar-refractivity contribution in [1.29, 1.82) is 0 Å². The summed E-state index contributed by atoms with van der Waals surface area (Å²) in [4.78, 5) is 10.7. The summed E-state index contributed by atoms with van der Waals surface area (Å²) in [6.07, 6.45) is 5.23. The average molecular weight is 212 g/mol. The highest BCUT2D eigenvalue weighted by molar-refractivity contribution is 5.85. The number of rotatable bonds is 8. The topological polar surface area (TPSA) is 37.3 Å². The molecule has 0 radical (unpaired) electrons. The summed E-state index contributed by atoms with van der Waals surface area (Å²) in [7, 11) is 0. The monoisotopic (exact) mass is 212 g/mol. The second-order valence-electron chi connectivity index (χ2n) is 4.40. The predicted molar refractivity (Wildman–Crippen MR) is 63.9 cm³/mol. The third-order valence-electron chi connectivity index (χ3n) is 3.19. The van der Waals surface area contributed by atoms with Crippen LogP contribution in [0.5, 0.6) is 0 Å². The van der Waals surface area contributed by atoms with Crippen LogP contribution in [0.15, 0.2) is 12.2 Å². The molecule has 0 aliphatic heterocycles. The van der Waals surface area contributed by atoms with Gasteiger partial charge >= 0.3 is 5.97 Å². The Labute approximate surface area is 93.4 Å². The van der Waals surface area contributed by atoms with Gasteiger partial charge in [-0.3, -0.25) is 0 Å². The van der Waals surface area contributed by atoms with Gasteiger partial charge in [0.2, 0.25) is 0 Å². The summed E-state index contributed by atoms with van der Waals surface area (Å²) in [6.45, 7) is 10.1. The summed E-state index contributed by atoms with van der Waals surface area (Å²) >= 11 is 0. The summed E-state index contributed by atoms with van der Waals surface area (Å²) in [5.74, 6) is 0.228. The fourth-order valence-corrected chi connectivity index (χ4v) is 1.79. The molecule has 2 atom stereocenters. The lowest BCUT2D eigenvalue weighted by atomic mass is 9.83. The molecule has 1 N–H and O–H groups in total. The number of hydrogen-bond acceptors (Lipinski definition) is 1. The molecule has 0 fully saturated rings. The Morgan fingerprint density at radius 2 is 2.00 bits per heavy atom. The molecule has 0 aromatic rings. The molecule has 15 heavy (non-hydrogen) atoms. The van der Waals surface area contributed by atoms with Crippen LogP contribution in [0.3, 0.4) is 0 Å². The zero-order chi connectivity index (χ0) is 11.8. The first-order valence-corrected chi connectivity index (χ1v) is 5.93. The van der Waals surface area contributed by atoms with Gasteiger partial charge in [0.05, 0.1) is 0 Å². The van der Waals surface area contributed by atoms with E-state index in [0.717, 1.165) is 12.8 Å². The van der Waals surface area contributed by atoms with E-state index in [-0.39, 0.29) is 0 Å². The number of unbranched alkanes of at least 4 members (excludes halogenated alkanes) is 1. The first-order chi connectivity index (χ1) is 7.02. The van der Waals surface area contributed by atoms with Crippen molar-refractivity contribution >= 4 is 5.97 Å². The van der Waals surface area contributed by atoms with E-state index in [0.29, 0.717) is 23.8 Å². The predicted octanol–water partition coefficient (Wildman–Crippen LogP) is 3.87. The van der Waals surface area contributed by atoms with Gasteiger partial charge < -0.3 is 5.11 Å². The summed E-state index contributed by atoms with van der Waals surface area (Å²) in [5, 5.41) is 8.81. The molecule has 0 saturated carbocycles. The minimum Gasteiger partial charge on any atom is -0.478 e. The van der Waals surface area contributed by atoms with Crippen LogP contribution in [-0.4, -0.2) is 11.1 Å². The van der Waals surface area contributed by atoms with Crippen LogP contribution in [-0.2, 0) is 4.79 Å². The third kappa shape index (κ3) is 5.60. The maximum absolute atomic E-state index is 10.7. The molecule has 0 saturated heterocycles. The lowest BCUT2D eigenvalue weighted by molar-refractivity contribution is -0.132. The molecule has 0 aliphatic carbocycles. The average Bonchev–Trinajstić information content (AvgIpc) is 2.22. The van der Waals surface area contributed by atoms with Gasteiger partial charge in [0, 0.05) is 5.57 Å². The number of aliphatic carboxylic acids is 1. The van der Waals surface area contributed by atoms with E-state index in [1.165, 1.54) is 12.8 Å². The summed E-state index contributed by atoms with van der Waals surface area (Å²) in [5.41, 5.74) is 0.358. The summed E-state index contributed by atoms with van der Waals surface area (Å²) in [6, 6.07) is 0. The van der Waals surface area contributed by atoms with Crippen LogP contribution in [0, 0.1) is 11.8 Å². The van der Waals surface area contributed by atoms with Crippen LogP contribution in [0.25, 0.3) is 0 Å². The van der Waals surface area contributed by atoms with Crippen LogP contribution < -0.4 is 0 Å². The second-order valence-corrected chi connectivity index (χ2v) is 4.40. The lowest BCUT2D eigenvalue weighted by Gasteiger charge is -2.22. The van der Waals surface area contributed by atoms with Crippen molar-refractivity contribution in [2.75, 3.05) is 0 Å². The zero-order valence-electron chi connectivity index (χ0n) is 10.3. The minimum absolute atomic E-state index is 0.358. The number of carboxylic acid groups (broad SMARTS) is 1. The Balaban J connectivity index is 4.23. The van der Waals surface area contributed by atoms with E-state index >= 15 is 0 Å². The second kappa shape index (κ2) is 7.49. The fraction of sp³-hybridized carbons (Fsp3) is 0.769.